The largest absolute Gasteiger partial charge is 0.383 e. The summed E-state index contributed by atoms with van der Waals surface area (Å²) in [6, 6.07) is 6.35. The third-order valence-corrected chi connectivity index (χ3v) is 4.50. The van der Waals surface area contributed by atoms with Gasteiger partial charge >= 0.3 is 0 Å². The number of carbonyl (C=O) groups is 1. The third kappa shape index (κ3) is 3.56. The van der Waals surface area contributed by atoms with Gasteiger partial charge < -0.3 is 9.64 Å². The van der Waals surface area contributed by atoms with Crippen molar-refractivity contribution in [2.24, 2.45) is 0 Å². The normalized spacial score (nSPS) is 12.6. The second kappa shape index (κ2) is 6.65. The van der Waals surface area contributed by atoms with Gasteiger partial charge in [-0.1, -0.05) is 22.0 Å². The topological polar surface area (TPSA) is 29.5 Å². The monoisotopic (exact) mass is 359 g/mol. The molecule has 0 bridgehead atoms. The van der Waals surface area contributed by atoms with Crippen LogP contribution in [0.3, 0.4) is 0 Å². The van der Waals surface area contributed by atoms with Gasteiger partial charge in [0.15, 0.2) is 0 Å². The number of hydrogen-bond donors (Lipinski definition) is 0. The van der Waals surface area contributed by atoms with E-state index in [1.807, 2.05) is 0 Å². The van der Waals surface area contributed by atoms with E-state index in [9.17, 15) is 9.18 Å². The van der Waals surface area contributed by atoms with Gasteiger partial charge in [0.1, 0.15) is 5.82 Å². The third-order valence-electron chi connectivity index (χ3n) is 2.86. The maximum absolute atomic E-state index is 13.2. The molecule has 2 rings (SSSR count). The molecule has 0 radical (unpaired) electrons. The zero-order valence-electron chi connectivity index (χ0n) is 11.2. The van der Waals surface area contributed by atoms with E-state index in [0.717, 1.165) is 10.1 Å². The molecule has 1 aromatic heterocycles. The summed E-state index contributed by atoms with van der Waals surface area (Å²) in [6.45, 7) is 1.09. The predicted octanol–water partition coefficient (Wildman–Crippen LogP) is 3.52. The molecule has 0 saturated heterocycles. The zero-order chi connectivity index (χ0) is 14.7. The molecule has 108 valence electrons. The summed E-state index contributed by atoms with van der Waals surface area (Å²) in [7, 11) is 3.37. The number of ether oxygens (including phenoxy) is 1. The Morgan fingerprint density at radius 3 is 2.95 bits per heavy atom. The Morgan fingerprint density at radius 2 is 2.25 bits per heavy atom. The van der Waals surface area contributed by atoms with Gasteiger partial charge in [-0.05, 0) is 23.6 Å². The summed E-state index contributed by atoms with van der Waals surface area (Å²) in [5, 5.41) is 0.889. The molecule has 0 saturated carbocycles. The fourth-order valence-electron chi connectivity index (χ4n) is 1.91. The molecule has 1 atom stereocenters. The van der Waals surface area contributed by atoms with E-state index in [1.165, 1.54) is 23.5 Å². The molecule has 0 aliphatic heterocycles. The molecule has 1 heterocycles. The average molecular weight is 360 g/mol. The lowest BCUT2D eigenvalue weighted by molar-refractivity contribution is 0.0789. The molecular formula is C14H15BrFNO2S. The highest BCUT2D eigenvalue weighted by molar-refractivity contribution is 9.09. The van der Waals surface area contributed by atoms with Crippen molar-refractivity contribution in [1.29, 1.82) is 0 Å². The van der Waals surface area contributed by atoms with Gasteiger partial charge in [-0.2, -0.15) is 0 Å². The lowest BCUT2D eigenvalue weighted by Crippen LogP contribution is -2.33. The summed E-state index contributed by atoms with van der Waals surface area (Å²) < 4.78 is 19.0. The number of alkyl halides is 1. The lowest BCUT2D eigenvalue weighted by Gasteiger charge is -2.19. The number of halogens is 2. The van der Waals surface area contributed by atoms with E-state index in [2.05, 4.69) is 15.9 Å². The van der Waals surface area contributed by atoms with Gasteiger partial charge in [0.05, 0.1) is 16.3 Å². The smallest absolute Gasteiger partial charge is 0.263 e. The predicted molar refractivity (Wildman–Crippen MR) is 83.3 cm³/mol. The van der Waals surface area contributed by atoms with Crippen molar-refractivity contribution in [2.75, 3.05) is 27.3 Å². The molecule has 2 aromatic rings. The lowest BCUT2D eigenvalue weighted by atomic mass is 10.2. The van der Waals surface area contributed by atoms with E-state index < -0.39 is 0 Å². The second-order valence-corrected chi connectivity index (χ2v) is 6.91. The van der Waals surface area contributed by atoms with Crippen LogP contribution in [-0.4, -0.2) is 42.9 Å². The van der Waals surface area contributed by atoms with E-state index in [-0.39, 0.29) is 16.6 Å². The number of nitrogens with zero attached hydrogens (tertiary/aromatic N) is 1. The Bertz CT molecular complexity index is 616. The van der Waals surface area contributed by atoms with Gasteiger partial charge in [0, 0.05) is 25.4 Å². The van der Waals surface area contributed by atoms with Crippen LogP contribution in [0.15, 0.2) is 24.3 Å². The number of hydrogen-bond acceptors (Lipinski definition) is 3. The maximum Gasteiger partial charge on any atom is 0.263 e. The Kier molecular flexibility index (Phi) is 5.12. The van der Waals surface area contributed by atoms with Crippen LogP contribution in [-0.2, 0) is 4.74 Å². The molecule has 3 nitrogen and oxygen atoms in total. The highest BCUT2D eigenvalue weighted by Crippen LogP contribution is 2.27. The fourth-order valence-corrected chi connectivity index (χ4v) is 3.69. The fraction of sp³-hybridized carbons (Fsp3) is 0.357. The Labute approximate surface area is 129 Å². The first-order valence-electron chi connectivity index (χ1n) is 6.09. The van der Waals surface area contributed by atoms with Gasteiger partial charge in [-0.3, -0.25) is 4.79 Å². The van der Waals surface area contributed by atoms with E-state index in [0.29, 0.717) is 18.0 Å². The van der Waals surface area contributed by atoms with Gasteiger partial charge in [0.2, 0.25) is 0 Å². The van der Waals surface area contributed by atoms with Crippen LogP contribution in [0.1, 0.15) is 9.67 Å². The molecule has 1 aromatic carbocycles. The molecular weight excluding hydrogens is 345 g/mol. The Balaban J connectivity index is 2.14. The van der Waals surface area contributed by atoms with Crippen LogP contribution in [0.25, 0.3) is 10.1 Å². The van der Waals surface area contributed by atoms with Gasteiger partial charge in [-0.15, -0.1) is 11.3 Å². The SMILES string of the molecule is COCC(Br)CN(C)C(=O)c1cc2ccc(F)cc2s1. The molecule has 0 N–H and O–H groups in total. The number of benzene rings is 1. The van der Waals surface area contributed by atoms with Crippen molar-refractivity contribution in [3.63, 3.8) is 0 Å². The van der Waals surface area contributed by atoms with Crippen LogP contribution in [0.2, 0.25) is 0 Å². The first kappa shape index (κ1) is 15.4. The quantitative estimate of drug-likeness (QED) is 0.764. The summed E-state index contributed by atoms with van der Waals surface area (Å²) in [4.78, 5) is 14.7. The Hall–Kier alpha value is -0.980. The molecule has 0 aliphatic rings. The number of fused-ring (bicyclic) bond motifs is 1. The van der Waals surface area contributed by atoms with Crippen molar-refractivity contribution in [3.05, 3.63) is 35.0 Å². The highest BCUT2D eigenvalue weighted by Gasteiger charge is 2.17. The van der Waals surface area contributed by atoms with Crippen molar-refractivity contribution in [1.82, 2.24) is 4.90 Å². The minimum absolute atomic E-state index is 0.0628. The standard InChI is InChI=1S/C14H15BrFNO2S/c1-17(7-10(15)8-19-2)14(18)13-5-9-3-4-11(16)6-12(9)20-13/h3-6,10H,7-8H2,1-2H3. The average Bonchev–Trinajstić information content (AvgIpc) is 2.80. The molecule has 0 fully saturated rings. The van der Waals surface area contributed by atoms with Crippen molar-refractivity contribution >= 4 is 43.3 Å². The minimum Gasteiger partial charge on any atom is -0.383 e. The van der Waals surface area contributed by atoms with Crippen LogP contribution >= 0.6 is 27.3 Å². The summed E-state index contributed by atoms with van der Waals surface area (Å²) in [5.41, 5.74) is 0. The summed E-state index contributed by atoms with van der Waals surface area (Å²) in [6.07, 6.45) is 0. The van der Waals surface area contributed by atoms with Crippen LogP contribution in [0.5, 0.6) is 0 Å². The van der Waals surface area contributed by atoms with E-state index >= 15 is 0 Å². The summed E-state index contributed by atoms with van der Waals surface area (Å²) >= 11 is 4.77. The van der Waals surface area contributed by atoms with Crippen molar-refractivity contribution in [3.8, 4) is 0 Å². The van der Waals surface area contributed by atoms with Gasteiger partial charge in [0.25, 0.3) is 5.91 Å². The summed E-state index contributed by atoms with van der Waals surface area (Å²) in [5.74, 6) is -0.348. The first-order valence-corrected chi connectivity index (χ1v) is 7.82. The molecule has 0 spiro atoms. The Morgan fingerprint density at radius 1 is 1.50 bits per heavy atom. The van der Waals surface area contributed by atoms with Crippen LogP contribution in [0.4, 0.5) is 4.39 Å². The first-order chi connectivity index (χ1) is 9.51. The number of thiophene rings is 1. The van der Waals surface area contributed by atoms with E-state index in [1.54, 1.807) is 31.2 Å². The van der Waals surface area contributed by atoms with Gasteiger partial charge in [-0.25, -0.2) is 4.39 Å². The molecule has 0 aliphatic carbocycles. The van der Waals surface area contributed by atoms with E-state index in [4.69, 9.17) is 4.74 Å². The molecule has 6 heteroatoms. The number of carbonyl (C=O) groups excluding carboxylic acids is 1. The number of amides is 1. The second-order valence-electron chi connectivity index (χ2n) is 4.53. The van der Waals surface area contributed by atoms with Crippen molar-refractivity contribution < 1.29 is 13.9 Å². The molecule has 1 unspecified atom stereocenters. The molecule has 20 heavy (non-hydrogen) atoms. The number of methoxy groups -OCH3 is 1. The zero-order valence-corrected chi connectivity index (χ0v) is 13.6. The molecule has 1 amide bonds. The van der Waals surface area contributed by atoms with Crippen molar-refractivity contribution in [2.45, 2.75) is 4.83 Å². The minimum atomic E-state index is -0.285. The highest BCUT2D eigenvalue weighted by atomic mass is 79.9. The van der Waals surface area contributed by atoms with Crippen LogP contribution in [0, 0.1) is 5.82 Å². The maximum atomic E-state index is 13.2. The number of rotatable bonds is 5. The van der Waals surface area contributed by atoms with Crippen LogP contribution < -0.4 is 0 Å².